The molecule has 304 valence electrons. The topological polar surface area (TPSA) is 37.4 Å². The fraction of sp³-hybridized carbons (Fsp3) is 0. The molecule has 5 nitrogen and oxygen atoms in total. The van der Waals surface area contributed by atoms with Crippen molar-refractivity contribution in [1.29, 1.82) is 0 Å². The summed E-state index contributed by atoms with van der Waals surface area (Å²) in [6.45, 7) is 0. The summed E-state index contributed by atoms with van der Waals surface area (Å²) >= 11 is 0. The van der Waals surface area contributed by atoms with Gasteiger partial charge in [0.2, 0.25) is 5.89 Å². The molecule has 10 aromatic carbocycles. The van der Waals surface area contributed by atoms with E-state index < -0.39 is 0 Å². The van der Waals surface area contributed by atoms with Crippen LogP contribution in [-0.4, -0.2) is 9.55 Å². The van der Waals surface area contributed by atoms with Gasteiger partial charge in [0.15, 0.2) is 5.58 Å². The van der Waals surface area contributed by atoms with Crippen LogP contribution in [0, 0.1) is 11.6 Å². The first-order valence-electron chi connectivity index (χ1n) is 21.2. The van der Waals surface area contributed by atoms with Gasteiger partial charge in [-0.2, -0.15) is 0 Å². The smallest absolute Gasteiger partial charge is 0.227 e. The summed E-state index contributed by atoms with van der Waals surface area (Å²) in [6, 6.07) is 71.8. The summed E-state index contributed by atoms with van der Waals surface area (Å²) in [5, 5.41) is 6.60. The largest absolute Gasteiger partial charge is 0.436 e. The van der Waals surface area contributed by atoms with E-state index >= 15 is 0 Å². The summed E-state index contributed by atoms with van der Waals surface area (Å²) in [4.78, 5) is 9.00. The molecule has 2 aromatic heterocycles. The Morgan fingerprint density at radius 3 is 1.53 bits per heavy atom. The van der Waals surface area contributed by atoms with Crippen molar-refractivity contribution >= 4 is 88.6 Å². The van der Waals surface area contributed by atoms with Crippen molar-refractivity contribution in [2.24, 2.45) is 0 Å². The number of benzene rings is 10. The second-order valence-electron chi connectivity index (χ2n) is 15.9. The van der Waals surface area contributed by atoms with Crippen LogP contribution in [-0.2, 0) is 0 Å². The Labute approximate surface area is 366 Å². The zero-order valence-corrected chi connectivity index (χ0v) is 34.2. The second-order valence-corrected chi connectivity index (χ2v) is 15.9. The highest BCUT2D eigenvalue weighted by molar-refractivity contribution is 6.12. The molecule has 0 atom stereocenters. The Morgan fingerprint density at radius 2 is 0.891 bits per heavy atom. The average molecular weight is 831 g/mol. The molecule has 0 aliphatic carbocycles. The van der Waals surface area contributed by atoms with Crippen molar-refractivity contribution in [2.45, 2.75) is 0 Å². The summed E-state index contributed by atoms with van der Waals surface area (Å²) in [5.74, 6) is -0.0335. The first-order valence-corrected chi connectivity index (χ1v) is 21.2. The number of fused-ring (bicyclic) bond motifs is 7. The molecule has 0 aliphatic rings. The van der Waals surface area contributed by atoms with Gasteiger partial charge in [0.1, 0.15) is 17.2 Å². The Bertz CT molecular complexity index is 3660. The molecule has 12 aromatic rings. The van der Waals surface area contributed by atoms with Crippen molar-refractivity contribution in [3.05, 3.63) is 230 Å². The highest BCUT2D eigenvalue weighted by atomic mass is 19.1. The quantitative estimate of drug-likeness (QED) is 0.143. The summed E-state index contributed by atoms with van der Waals surface area (Å²) in [5.41, 5.74) is 11.1. The normalized spacial score (nSPS) is 11.6. The molecule has 0 spiro atoms. The second kappa shape index (κ2) is 15.1. The first kappa shape index (κ1) is 37.2. The third-order valence-corrected chi connectivity index (χ3v) is 12.1. The minimum atomic E-state index is -0.298. The molecule has 0 fully saturated rings. The molecular weight excluding hydrogens is 795 g/mol. The average Bonchev–Trinajstić information content (AvgIpc) is 3.93. The number of hydrogen-bond acceptors (Lipinski definition) is 4. The van der Waals surface area contributed by atoms with Gasteiger partial charge in [-0.05, 0) is 167 Å². The number of hydrogen-bond donors (Lipinski definition) is 0. The predicted octanol–water partition coefficient (Wildman–Crippen LogP) is 16.1. The third-order valence-electron chi connectivity index (χ3n) is 12.1. The van der Waals surface area contributed by atoms with E-state index in [4.69, 9.17) is 4.42 Å². The lowest BCUT2D eigenvalue weighted by Gasteiger charge is -2.27. The molecule has 0 amide bonds. The van der Waals surface area contributed by atoms with Gasteiger partial charge < -0.3 is 18.8 Å². The third kappa shape index (κ3) is 6.41. The van der Waals surface area contributed by atoms with Crippen molar-refractivity contribution in [1.82, 2.24) is 9.55 Å². The number of aromatic nitrogens is 2. The van der Waals surface area contributed by atoms with Crippen LogP contribution in [0.4, 0.5) is 42.9 Å². The minimum Gasteiger partial charge on any atom is -0.436 e. The van der Waals surface area contributed by atoms with Crippen LogP contribution >= 0.6 is 0 Å². The molecule has 0 saturated carbocycles. The van der Waals surface area contributed by atoms with E-state index in [1.165, 1.54) is 24.3 Å². The van der Waals surface area contributed by atoms with E-state index in [1.807, 2.05) is 66.7 Å². The van der Waals surface area contributed by atoms with Gasteiger partial charge in [0.05, 0.1) is 11.0 Å². The zero-order chi connectivity index (χ0) is 42.7. The zero-order valence-electron chi connectivity index (χ0n) is 34.2. The van der Waals surface area contributed by atoms with Crippen molar-refractivity contribution in [2.75, 3.05) is 9.80 Å². The molecule has 0 radical (unpaired) electrons. The Kier molecular flexibility index (Phi) is 8.79. The molecule has 7 heteroatoms. The monoisotopic (exact) mass is 830 g/mol. The van der Waals surface area contributed by atoms with Crippen LogP contribution < -0.4 is 9.80 Å². The summed E-state index contributed by atoms with van der Waals surface area (Å²) in [7, 11) is 0. The molecular formula is C57H36F2N4O. The molecule has 0 unspecified atom stereocenters. The Hall–Kier alpha value is -8.55. The van der Waals surface area contributed by atoms with E-state index in [0.29, 0.717) is 5.89 Å². The van der Waals surface area contributed by atoms with E-state index in [-0.39, 0.29) is 11.6 Å². The standard InChI is InChI=1S/C57H36F2N4O/c58-40-18-24-44(25-19-40)61(43-22-16-37(17-23-43)57-60-53-11-5-7-13-56(53)64-57)46-28-31-49-38(34-46)14-15-39-35-47(29-32-50(39)49)62(45-26-20-41(59)21-27-45)48-30-33-55-52(36-48)51-10-4-6-12-54(51)63(55)42-8-2-1-3-9-42/h1-36H. The number of anilines is 6. The highest BCUT2D eigenvalue weighted by Crippen LogP contribution is 2.43. The van der Waals surface area contributed by atoms with E-state index in [0.717, 1.165) is 99.8 Å². The SMILES string of the molecule is Fc1ccc(N(c2ccc(-c3nc4ccccc4o3)cc2)c2ccc3c(ccc4cc(N(c5ccc(F)cc5)c5ccc6c(c5)c5ccccc5n6-c5ccccc5)ccc43)c2)cc1. The van der Waals surface area contributed by atoms with Crippen molar-refractivity contribution < 1.29 is 13.2 Å². The number of para-hydroxylation sites is 4. The fourth-order valence-corrected chi connectivity index (χ4v) is 9.10. The van der Waals surface area contributed by atoms with Gasteiger partial charge in [-0.1, -0.05) is 72.8 Å². The van der Waals surface area contributed by atoms with E-state index in [2.05, 4.69) is 135 Å². The summed E-state index contributed by atoms with van der Waals surface area (Å²) < 4.78 is 37.0. The van der Waals surface area contributed by atoms with E-state index in [1.54, 1.807) is 12.1 Å². The van der Waals surface area contributed by atoms with Crippen LogP contribution in [0.25, 0.3) is 71.6 Å². The van der Waals surface area contributed by atoms with Crippen LogP contribution in [0.2, 0.25) is 0 Å². The van der Waals surface area contributed by atoms with Crippen LogP contribution in [0.1, 0.15) is 0 Å². The lowest BCUT2D eigenvalue weighted by atomic mass is 10.00. The van der Waals surface area contributed by atoms with Gasteiger partial charge in [0, 0.05) is 56.1 Å². The number of nitrogens with zero attached hydrogens (tertiary/aromatic N) is 4. The minimum absolute atomic E-state index is 0.288. The lowest BCUT2D eigenvalue weighted by Crippen LogP contribution is -2.10. The molecule has 12 rings (SSSR count). The van der Waals surface area contributed by atoms with Crippen molar-refractivity contribution in [3.8, 4) is 17.1 Å². The van der Waals surface area contributed by atoms with Gasteiger partial charge in [-0.3, -0.25) is 0 Å². The highest BCUT2D eigenvalue weighted by Gasteiger charge is 2.20. The van der Waals surface area contributed by atoms with E-state index in [9.17, 15) is 8.78 Å². The van der Waals surface area contributed by atoms with Gasteiger partial charge in [-0.15, -0.1) is 0 Å². The predicted molar refractivity (Wildman–Crippen MR) is 258 cm³/mol. The molecule has 64 heavy (non-hydrogen) atoms. The maximum Gasteiger partial charge on any atom is 0.227 e. The lowest BCUT2D eigenvalue weighted by molar-refractivity contribution is 0.620. The van der Waals surface area contributed by atoms with Crippen LogP contribution in [0.15, 0.2) is 223 Å². The number of rotatable bonds is 8. The van der Waals surface area contributed by atoms with Gasteiger partial charge in [0.25, 0.3) is 0 Å². The van der Waals surface area contributed by atoms with Crippen LogP contribution in [0.5, 0.6) is 0 Å². The Balaban J connectivity index is 0.940. The number of halogens is 2. The number of oxazole rings is 1. The fourth-order valence-electron chi connectivity index (χ4n) is 9.10. The van der Waals surface area contributed by atoms with Crippen molar-refractivity contribution in [3.63, 3.8) is 0 Å². The first-order chi connectivity index (χ1) is 31.5. The maximum atomic E-state index is 14.4. The molecule has 0 bridgehead atoms. The Morgan fingerprint density at radius 1 is 0.391 bits per heavy atom. The molecule has 0 aliphatic heterocycles. The summed E-state index contributed by atoms with van der Waals surface area (Å²) in [6.07, 6.45) is 0. The van der Waals surface area contributed by atoms with Gasteiger partial charge >= 0.3 is 0 Å². The molecule has 0 N–H and O–H groups in total. The molecule has 2 heterocycles. The maximum absolute atomic E-state index is 14.4. The van der Waals surface area contributed by atoms with Crippen LogP contribution in [0.3, 0.4) is 0 Å². The van der Waals surface area contributed by atoms with Gasteiger partial charge in [-0.25, -0.2) is 13.8 Å². The molecule has 0 saturated heterocycles.